The zero-order valence-corrected chi connectivity index (χ0v) is 22.3. The summed E-state index contributed by atoms with van der Waals surface area (Å²) in [5.74, 6) is 0.450. The van der Waals surface area contributed by atoms with E-state index in [1.54, 1.807) is 19.2 Å². The van der Waals surface area contributed by atoms with Gasteiger partial charge in [0.05, 0.1) is 13.2 Å². The number of carbonyl (C=O) groups is 2. The second-order valence-electron chi connectivity index (χ2n) is 9.09. The molecule has 0 radical (unpaired) electrons. The van der Waals surface area contributed by atoms with Crippen LogP contribution in [0.2, 0.25) is 0 Å². The number of para-hydroxylation sites is 2. The molecule has 4 aromatic rings. The Labute approximate surface area is 225 Å². The Balaban J connectivity index is 1.60. The Hall–Kier alpha value is -3.90. The van der Waals surface area contributed by atoms with Crippen LogP contribution in [-0.4, -0.2) is 25.0 Å². The number of fused-ring (bicyclic) bond motifs is 1. The summed E-state index contributed by atoms with van der Waals surface area (Å²) in [7, 11) is 1.59. The van der Waals surface area contributed by atoms with E-state index in [4.69, 9.17) is 4.74 Å². The first-order valence-electron chi connectivity index (χ1n) is 12.2. The van der Waals surface area contributed by atoms with Gasteiger partial charge in [-0.3, -0.25) is 9.59 Å². The van der Waals surface area contributed by atoms with Gasteiger partial charge >= 0.3 is 0 Å². The van der Waals surface area contributed by atoms with Crippen LogP contribution in [0.25, 0.3) is 0 Å². The molecular formula is C31H27BrN2O3. The number of rotatable bonds is 5. The van der Waals surface area contributed by atoms with Crippen LogP contribution in [-0.2, 0) is 0 Å². The molecule has 37 heavy (non-hydrogen) atoms. The van der Waals surface area contributed by atoms with Crippen molar-refractivity contribution < 1.29 is 14.3 Å². The number of ether oxygens (including phenoxy) is 1. The van der Waals surface area contributed by atoms with Gasteiger partial charge in [-0.05, 0) is 73.5 Å². The lowest BCUT2D eigenvalue weighted by Gasteiger charge is -2.43. The maximum absolute atomic E-state index is 14.0. The molecule has 0 aromatic heterocycles. The minimum Gasteiger partial charge on any atom is -0.497 e. The number of anilines is 2. The topological polar surface area (TPSA) is 49.9 Å². The van der Waals surface area contributed by atoms with Crippen molar-refractivity contribution in [1.82, 2.24) is 0 Å². The summed E-state index contributed by atoms with van der Waals surface area (Å²) in [5, 5.41) is 0. The molecule has 0 aliphatic carbocycles. The van der Waals surface area contributed by atoms with E-state index in [-0.39, 0.29) is 23.9 Å². The zero-order chi connectivity index (χ0) is 25.9. The molecule has 5 rings (SSSR count). The Morgan fingerprint density at radius 2 is 1.57 bits per heavy atom. The molecule has 0 saturated carbocycles. The highest BCUT2D eigenvalue weighted by molar-refractivity contribution is 9.10. The second kappa shape index (κ2) is 10.6. The molecule has 186 valence electrons. The highest BCUT2D eigenvalue weighted by Gasteiger charge is 2.39. The van der Waals surface area contributed by atoms with Gasteiger partial charge in [0, 0.05) is 33.0 Å². The van der Waals surface area contributed by atoms with E-state index in [2.05, 4.69) is 15.9 Å². The number of carbonyl (C=O) groups excluding carboxylic acids is 2. The van der Waals surface area contributed by atoms with Crippen LogP contribution in [0.5, 0.6) is 5.75 Å². The lowest BCUT2D eigenvalue weighted by atomic mass is 9.89. The maximum atomic E-state index is 14.0. The number of hydrogen-bond acceptors (Lipinski definition) is 3. The molecule has 0 saturated heterocycles. The number of amides is 2. The molecule has 0 N–H and O–H groups in total. The number of halogens is 1. The van der Waals surface area contributed by atoms with Crippen LogP contribution >= 0.6 is 15.9 Å². The quantitative estimate of drug-likeness (QED) is 0.260. The minimum absolute atomic E-state index is 0.0907. The molecular weight excluding hydrogens is 528 g/mol. The highest BCUT2D eigenvalue weighted by atomic mass is 79.9. The van der Waals surface area contributed by atoms with Gasteiger partial charge in [0.25, 0.3) is 11.8 Å². The summed E-state index contributed by atoms with van der Waals surface area (Å²) in [4.78, 5) is 31.5. The van der Waals surface area contributed by atoms with Crippen LogP contribution in [0.1, 0.15) is 45.7 Å². The van der Waals surface area contributed by atoms with E-state index in [0.29, 0.717) is 23.3 Å². The maximum Gasteiger partial charge on any atom is 0.258 e. The summed E-state index contributed by atoms with van der Waals surface area (Å²) >= 11 is 3.50. The molecule has 2 atom stereocenters. The fraction of sp³-hybridized carbons (Fsp3) is 0.161. The largest absolute Gasteiger partial charge is 0.497 e. The van der Waals surface area contributed by atoms with E-state index in [0.717, 1.165) is 21.4 Å². The van der Waals surface area contributed by atoms with Crippen LogP contribution < -0.4 is 14.5 Å². The average molecular weight is 555 g/mol. The van der Waals surface area contributed by atoms with Crippen molar-refractivity contribution in [1.29, 1.82) is 0 Å². The third kappa shape index (κ3) is 4.89. The summed E-state index contributed by atoms with van der Waals surface area (Å²) in [6.45, 7) is 2.04. The lowest BCUT2D eigenvalue weighted by Crippen LogP contribution is -2.47. The number of methoxy groups -OCH3 is 1. The number of nitrogens with zero attached hydrogens (tertiary/aromatic N) is 2. The van der Waals surface area contributed by atoms with Crippen molar-refractivity contribution in [2.45, 2.75) is 25.4 Å². The molecule has 2 unspecified atom stereocenters. The normalized spacial score (nSPS) is 16.6. The second-order valence-corrected chi connectivity index (χ2v) is 10.0. The minimum atomic E-state index is -0.255. The highest BCUT2D eigenvalue weighted by Crippen LogP contribution is 2.43. The average Bonchev–Trinajstić information content (AvgIpc) is 2.93. The molecule has 1 aliphatic rings. The van der Waals surface area contributed by atoms with E-state index < -0.39 is 0 Å². The van der Waals surface area contributed by atoms with Gasteiger partial charge in [-0.15, -0.1) is 0 Å². The van der Waals surface area contributed by atoms with Gasteiger partial charge in [0.15, 0.2) is 0 Å². The van der Waals surface area contributed by atoms with Gasteiger partial charge in [-0.2, -0.15) is 0 Å². The fourth-order valence-electron chi connectivity index (χ4n) is 5.02. The first kappa shape index (κ1) is 24.8. The van der Waals surface area contributed by atoms with Crippen molar-refractivity contribution in [2.24, 2.45) is 0 Å². The lowest BCUT2D eigenvalue weighted by molar-refractivity contribution is 0.0965. The molecule has 2 amide bonds. The molecule has 0 spiro atoms. The van der Waals surface area contributed by atoms with E-state index >= 15 is 0 Å². The van der Waals surface area contributed by atoms with Crippen LogP contribution in [0, 0.1) is 0 Å². The first-order valence-corrected chi connectivity index (χ1v) is 13.0. The Morgan fingerprint density at radius 1 is 0.865 bits per heavy atom. The van der Waals surface area contributed by atoms with Crippen molar-refractivity contribution in [3.8, 4) is 5.75 Å². The van der Waals surface area contributed by atoms with Gasteiger partial charge in [0.1, 0.15) is 5.75 Å². The van der Waals surface area contributed by atoms with E-state index in [1.807, 2.05) is 108 Å². The summed E-state index contributed by atoms with van der Waals surface area (Å²) in [6.07, 6.45) is 0.585. The third-order valence-corrected chi connectivity index (χ3v) is 7.23. The Kier molecular flexibility index (Phi) is 7.10. The Morgan fingerprint density at radius 3 is 2.32 bits per heavy atom. The molecule has 1 heterocycles. The van der Waals surface area contributed by atoms with Crippen molar-refractivity contribution >= 4 is 39.1 Å². The van der Waals surface area contributed by atoms with Crippen LogP contribution in [0.3, 0.4) is 0 Å². The molecule has 1 aliphatic heterocycles. The van der Waals surface area contributed by atoms with Gasteiger partial charge in [-0.1, -0.05) is 64.5 Å². The van der Waals surface area contributed by atoms with E-state index in [1.165, 1.54) is 0 Å². The predicted molar refractivity (Wildman–Crippen MR) is 150 cm³/mol. The van der Waals surface area contributed by atoms with Crippen molar-refractivity contribution in [3.05, 3.63) is 124 Å². The van der Waals surface area contributed by atoms with E-state index in [9.17, 15) is 9.59 Å². The Bertz CT molecular complexity index is 1440. The van der Waals surface area contributed by atoms with Crippen LogP contribution in [0.15, 0.2) is 108 Å². The van der Waals surface area contributed by atoms with Crippen LogP contribution in [0.4, 0.5) is 11.4 Å². The fourth-order valence-corrected chi connectivity index (χ4v) is 5.42. The molecule has 5 nitrogen and oxygen atoms in total. The molecule has 0 fully saturated rings. The van der Waals surface area contributed by atoms with Gasteiger partial charge in [0.2, 0.25) is 0 Å². The zero-order valence-electron chi connectivity index (χ0n) is 20.7. The van der Waals surface area contributed by atoms with Crippen molar-refractivity contribution in [2.75, 3.05) is 16.9 Å². The monoisotopic (exact) mass is 554 g/mol. The third-order valence-electron chi connectivity index (χ3n) is 6.73. The SMILES string of the molecule is COc1cccc(C(=O)N2c3ccccc3C(N(C(=O)c3cccc(Br)c3)c3ccccc3)CC2C)c1. The standard InChI is InChI=1S/C31H27BrN2O3/c1-21-18-29(34(25-13-4-3-5-14-25)31(36)22-10-8-12-24(32)19-22)27-16-6-7-17-28(27)33(21)30(35)23-11-9-15-26(20-23)37-2/h3-17,19-21,29H,18H2,1-2H3. The molecule has 4 aromatic carbocycles. The first-order chi connectivity index (χ1) is 18.0. The molecule has 0 bridgehead atoms. The number of benzene rings is 4. The van der Waals surface area contributed by atoms with Gasteiger partial charge in [-0.25, -0.2) is 0 Å². The van der Waals surface area contributed by atoms with Crippen molar-refractivity contribution in [3.63, 3.8) is 0 Å². The molecule has 6 heteroatoms. The summed E-state index contributed by atoms with van der Waals surface area (Å²) in [5.41, 5.74) is 3.71. The smallest absolute Gasteiger partial charge is 0.258 e. The summed E-state index contributed by atoms with van der Waals surface area (Å²) < 4.78 is 6.19. The summed E-state index contributed by atoms with van der Waals surface area (Å²) in [6, 6.07) is 31.9. The number of hydrogen-bond donors (Lipinski definition) is 0. The van der Waals surface area contributed by atoms with Gasteiger partial charge < -0.3 is 14.5 Å². The predicted octanol–water partition coefficient (Wildman–Crippen LogP) is 7.28.